The van der Waals surface area contributed by atoms with Crippen LogP contribution in [0.2, 0.25) is 5.02 Å². The van der Waals surface area contributed by atoms with Gasteiger partial charge in [0.1, 0.15) is 12.0 Å². The number of benzene rings is 1. The van der Waals surface area contributed by atoms with Gasteiger partial charge in [0.25, 0.3) is 5.69 Å². The predicted molar refractivity (Wildman–Crippen MR) is 62.2 cm³/mol. The van der Waals surface area contributed by atoms with Crippen LogP contribution in [0.4, 0.5) is 11.4 Å². The van der Waals surface area contributed by atoms with Crippen molar-refractivity contribution in [2.45, 2.75) is 6.42 Å². The molecule has 1 aromatic carbocycles. The third-order valence-corrected chi connectivity index (χ3v) is 2.10. The topological polar surface area (TPSA) is 86.2 Å². The molecule has 0 fully saturated rings. The number of hydrogen-bond donors (Lipinski definition) is 1. The SMILES string of the molecule is Nc1c(C=CCC=O)cc(Cl)cc1[N+](=O)[O-]. The average molecular weight is 241 g/mol. The molecule has 0 unspecified atom stereocenters. The van der Waals surface area contributed by atoms with Crippen LogP contribution < -0.4 is 5.73 Å². The summed E-state index contributed by atoms with van der Waals surface area (Å²) in [6.45, 7) is 0. The van der Waals surface area contributed by atoms with E-state index in [1.54, 1.807) is 6.08 Å². The van der Waals surface area contributed by atoms with Gasteiger partial charge < -0.3 is 10.5 Å². The molecule has 0 amide bonds. The highest BCUT2D eigenvalue weighted by atomic mass is 35.5. The highest BCUT2D eigenvalue weighted by molar-refractivity contribution is 6.31. The lowest BCUT2D eigenvalue weighted by Crippen LogP contribution is -1.98. The zero-order valence-corrected chi connectivity index (χ0v) is 8.98. The van der Waals surface area contributed by atoms with Gasteiger partial charge in [-0.3, -0.25) is 10.1 Å². The van der Waals surface area contributed by atoms with Gasteiger partial charge in [-0.1, -0.05) is 23.8 Å². The molecule has 0 aliphatic heterocycles. The standard InChI is InChI=1S/C10H9ClN2O3/c11-8-5-7(3-1-2-4-14)10(12)9(6-8)13(15)16/h1,3-6H,2,12H2. The monoisotopic (exact) mass is 240 g/mol. The Labute approximate surface area is 96.7 Å². The summed E-state index contributed by atoms with van der Waals surface area (Å²) < 4.78 is 0. The highest BCUT2D eigenvalue weighted by Gasteiger charge is 2.14. The zero-order valence-electron chi connectivity index (χ0n) is 8.22. The summed E-state index contributed by atoms with van der Waals surface area (Å²) in [6.07, 6.45) is 4.02. The Morgan fingerprint density at radius 3 is 2.75 bits per heavy atom. The molecule has 84 valence electrons. The van der Waals surface area contributed by atoms with Crippen LogP contribution in [0, 0.1) is 10.1 Å². The third kappa shape index (κ3) is 2.80. The minimum atomic E-state index is -0.599. The molecule has 0 bridgehead atoms. The van der Waals surface area contributed by atoms with Crippen LogP contribution in [-0.2, 0) is 4.79 Å². The van der Waals surface area contributed by atoms with Gasteiger partial charge in [-0.05, 0) is 6.07 Å². The van der Waals surface area contributed by atoms with Crippen molar-refractivity contribution in [3.63, 3.8) is 0 Å². The molecule has 0 atom stereocenters. The molecule has 0 aliphatic rings. The van der Waals surface area contributed by atoms with E-state index >= 15 is 0 Å². The first kappa shape index (κ1) is 12.2. The molecule has 1 rings (SSSR count). The maximum absolute atomic E-state index is 10.6. The Kier molecular flexibility index (Phi) is 4.02. The fourth-order valence-corrected chi connectivity index (χ4v) is 1.38. The van der Waals surface area contributed by atoms with Gasteiger partial charge in [-0.2, -0.15) is 0 Å². The Morgan fingerprint density at radius 2 is 2.19 bits per heavy atom. The maximum Gasteiger partial charge on any atom is 0.294 e. The molecule has 1 aromatic rings. The molecule has 0 saturated heterocycles. The smallest absolute Gasteiger partial charge is 0.294 e. The van der Waals surface area contributed by atoms with Gasteiger partial charge in [0.05, 0.1) is 4.92 Å². The number of rotatable bonds is 4. The first-order chi connectivity index (χ1) is 7.56. The van der Waals surface area contributed by atoms with Crippen molar-refractivity contribution in [3.8, 4) is 0 Å². The molecule has 0 aromatic heterocycles. The van der Waals surface area contributed by atoms with Crippen LogP contribution in [0.5, 0.6) is 0 Å². The summed E-state index contributed by atoms with van der Waals surface area (Å²) in [6, 6.07) is 2.69. The van der Waals surface area contributed by atoms with Gasteiger partial charge >= 0.3 is 0 Å². The van der Waals surface area contributed by atoms with E-state index in [-0.39, 0.29) is 22.8 Å². The Hall–Kier alpha value is -1.88. The number of allylic oxidation sites excluding steroid dienone is 1. The van der Waals surface area contributed by atoms with Crippen molar-refractivity contribution in [2.75, 3.05) is 5.73 Å². The summed E-state index contributed by atoms with van der Waals surface area (Å²) in [4.78, 5) is 20.1. The predicted octanol–water partition coefficient (Wildman–Crippen LogP) is 2.43. The number of nitrogens with zero attached hydrogens (tertiary/aromatic N) is 1. The average Bonchev–Trinajstić information content (AvgIpc) is 2.22. The van der Waals surface area contributed by atoms with E-state index in [1.807, 2.05) is 0 Å². The number of nitro benzene ring substituents is 1. The van der Waals surface area contributed by atoms with Gasteiger partial charge in [0.15, 0.2) is 0 Å². The fraction of sp³-hybridized carbons (Fsp3) is 0.100. The molecule has 0 saturated carbocycles. The maximum atomic E-state index is 10.6. The number of aldehydes is 1. The molecule has 0 spiro atoms. The van der Waals surface area contributed by atoms with Crippen LogP contribution in [-0.4, -0.2) is 11.2 Å². The van der Waals surface area contributed by atoms with Crippen molar-refractivity contribution in [2.24, 2.45) is 0 Å². The first-order valence-electron chi connectivity index (χ1n) is 4.40. The van der Waals surface area contributed by atoms with Gasteiger partial charge in [-0.25, -0.2) is 0 Å². The van der Waals surface area contributed by atoms with E-state index in [2.05, 4.69) is 0 Å². The minimum absolute atomic E-state index is 0.0385. The normalized spacial score (nSPS) is 10.6. The molecule has 0 heterocycles. The number of anilines is 1. The number of hydrogen-bond acceptors (Lipinski definition) is 4. The number of nitro groups is 1. The summed E-state index contributed by atoms with van der Waals surface area (Å²) in [5.41, 5.74) is 5.83. The summed E-state index contributed by atoms with van der Waals surface area (Å²) in [7, 11) is 0. The van der Waals surface area contributed by atoms with Crippen LogP contribution in [0.3, 0.4) is 0 Å². The summed E-state index contributed by atoms with van der Waals surface area (Å²) in [5.74, 6) is 0. The van der Waals surface area contributed by atoms with E-state index in [1.165, 1.54) is 18.2 Å². The quantitative estimate of drug-likeness (QED) is 0.379. The van der Waals surface area contributed by atoms with Crippen LogP contribution in [0.1, 0.15) is 12.0 Å². The molecule has 0 aliphatic carbocycles. The molecular formula is C10H9ClN2O3. The molecule has 0 radical (unpaired) electrons. The lowest BCUT2D eigenvalue weighted by atomic mass is 10.1. The van der Waals surface area contributed by atoms with Crippen molar-refractivity contribution in [1.29, 1.82) is 0 Å². The van der Waals surface area contributed by atoms with Crippen molar-refractivity contribution in [3.05, 3.63) is 38.9 Å². The fourth-order valence-electron chi connectivity index (χ4n) is 1.16. The molecular weight excluding hydrogens is 232 g/mol. The molecule has 6 heteroatoms. The Morgan fingerprint density at radius 1 is 1.50 bits per heavy atom. The molecule has 16 heavy (non-hydrogen) atoms. The second kappa shape index (κ2) is 5.27. The summed E-state index contributed by atoms with van der Waals surface area (Å²) >= 11 is 5.72. The minimum Gasteiger partial charge on any atom is -0.393 e. The van der Waals surface area contributed by atoms with Crippen LogP contribution >= 0.6 is 11.6 Å². The van der Waals surface area contributed by atoms with E-state index < -0.39 is 4.92 Å². The van der Waals surface area contributed by atoms with E-state index in [0.717, 1.165) is 0 Å². The largest absolute Gasteiger partial charge is 0.393 e. The van der Waals surface area contributed by atoms with E-state index in [0.29, 0.717) is 11.8 Å². The molecule has 5 nitrogen and oxygen atoms in total. The second-order valence-electron chi connectivity index (χ2n) is 2.99. The lowest BCUT2D eigenvalue weighted by molar-refractivity contribution is -0.383. The first-order valence-corrected chi connectivity index (χ1v) is 4.77. The lowest BCUT2D eigenvalue weighted by Gasteiger charge is -2.02. The highest BCUT2D eigenvalue weighted by Crippen LogP contribution is 2.30. The number of nitrogens with two attached hydrogens (primary N) is 1. The van der Waals surface area contributed by atoms with Crippen LogP contribution in [0.25, 0.3) is 6.08 Å². The van der Waals surface area contributed by atoms with Crippen molar-refractivity contribution in [1.82, 2.24) is 0 Å². The van der Waals surface area contributed by atoms with Crippen molar-refractivity contribution >= 4 is 35.3 Å². The zero-order chi connectivity index (χ0) is 12.1. The number of halogens is 1. The Balaban J connectivity index is 3.18. The summed E-state index contributed by atoms with van der Waals surface area (Å²) in [5, 5.41) is 10.9. The third-order valence-electron chi connectivity index (χ3n) is 1.88. The number of carbonyl (C=O) groups is 1. The van der Waals surface area contributed by atoms with E-state index in [9.17, 15) is 14.9 Å². The van der Waals surface area contributed by atoms with Gasteiger partial charge in [0.2, 0.25) is 0 Å². The second-order valence-corrected chi connectivity index (χ2v) is 3.43. The number of carbonyl (C=O) groups excluding carboxylic acids is 1. The number of nitrogen functional groups attached to an aromatic ring is 1. The van der Waals surface area contributed by atoms with E-state index in [4.69, 9.17) is 17.3 Å². The molecule has 2 N–H and O–H groups in total. The van der Waals surface area contributed by atoms with Crippen LogP contribution in [0.15, 0.2) is 18.2 Å². The van der Waals surface area contributed by atoms with Gasteiger partial charge in [0, 0.05) is 23.1 Å². The van der Waals surface area contributed by atoms with Gasteiger partial charge in [-0.15, -0.1) is 0 Å². The van der Waals surface area contributed by atoms with Crippen molar-refractivity contribution < 1.29 is 9.72 Å². The Bertz CT molecular complexity index is 458.